The number of hydrogen-bond donors (Lipinski definition) is 1. The van der Waals surface area contributed by atoms with E-state index in [1.54, 1.807) is 42.5 Å². The number of halogens is 1. The van der Waals surface area contributed by atoms with Gasteiger partial charge >= 0.3 is 5.97 Å². The maximum Gasteiger partial charge on any atom is 0.344 e. The Hall–Kier alpha value is -2.85. The molecule has 0 saturated carbocycles. The number of nitrogens with one attached hydrogen (secondary N) is 1. The van der Waals surface area contributed by atoms with Gasteiger partial charge in [-0.25, -0.2) is 4.79 Å². The molecule has 0 spiro atoms. The van der Waals surface area contributed by atoms with Crippen molar-refractivity contribution in [3.63, 3.8) is 0 Å². The lowest BCUT2D eigenvalue weighted by Crippen LogP contribution is -2.23. The van der Waals surface area contributed by atoms with Crippen LogP contribution in [0.15, 0.2) is 53.0 Å². The Bertz CT molecular complexity index is 784. The van der Waals surface area contributed by atoms with Crippen molar-refractivity contribution in [3.8, 4) is 11.8 Å². The summed E-state index contributed by atoms with van der Waals surface area (Å²) in [7, 11) is 0. The Labute approximate surface area is 153 Å². The zero-order chi connectivity index (χ0) is 18.1. The summed E-state index contributed by atoms with van der Waals surface area (Å²) in [6, 6.07) is 15.9. The smallest absolute Gasteiger partial charge is 0.344 e. The van der Waals surface area contributed by atoms with Crippen LogP contribution in [0, 0.1) is 11.3 Å². The minimum atomic E-state index is -0.639. The molecular formula is C18H15BrN2O4. The number of esters is 1. The number of benzene rings is 2. The van der Waals surface area contributed by atoms with E-state index in [-0.39, 0.29) is 6.61 Å². The number of carbonyl (C=O) groups is 2. The molecule has 0 aromatic heterocycles. The van der Waals surface area contributed by atoms with Crippen LogP contribution in [0.1, 0.15) is 5.56 Å². The summed E-state index contributed by atoms with van der Waals surface area (Å²) in [4.78, 5) is 23.4. The minimum absolute atomic E-state index is 0.285. The molecule has 0 saturated heterocycles. The highest BCUT2D eigenvalue weighted by Crippen LogP contribution is 2.17. The maximum absolute atomic E-state index is 11.8. The topological polar surface area (TPSA) is 88.4 Å². The van der Waals surface area contributed by atoms with Crippen molar-refractivity contribution in [2.24, 2.45) is 0 Å². The minimum Gasteiger partial charge on any atom is -0.482 e. The van der Waals surface area contributed by atoms with Crippen LogP contribution < -0.4 is 10.1 Å². The molecule has 1 amide bonds. The van der Waals surface area contributed by atoms with Crippen molar-refractivity contribution in [1.82, 2.24) is 0 Å². The number of anilines is 1. The molecule has 25 heavy (non-hydrogen) atoms. The Kier molecular flexibility index (Phi) is 6.99. The van der Waals surface area contributed by atoms with Gasteiger partial charge in [0.2, 0.25) is 0 Å². The lowest BCUT2D eigenvalue weighted by molar-refractivity contribution is -0.149. The van der Waals surface area contributed by atoms with Gasteiger partial charge in [-0.05, 0) is 35.9 Å². The van der Waals surface area contributed by atoms with Crippen molar-refractivity contribution >= 4 is 33.5 Å². The first-order chi connectivity index (χ1) is 12.1. The van der Waals surface area contributed by atoms with Gasteiger partial charge in [-0.15, -0.1) is 0 Å². The second-order valence-electron chi connectivity index (χ2n) is 4.99. The summed E-state index contributed by atoms with van der Waals surface area (Å²) in [5.41, 5.74) is 1.42. The Balaban J connectivity index is 1.72. The van der Waals surface area contributed by atoms with Crippen LogP contribution in [-0.4, -0.2) is 25.1 Å². The molecule has 0 radical (unpaired) electrons. The first-order valence-corrected chi connectivity index (χ1v) is 8.16. The third kappa shape index (κ3) is 6.65. The summed E-state index contributed by atoms with van der Waals surface area (Å²) in [6.07, 6.45) is 0.309. The third-order valence-corrected chi connectivity index (χ3v) is 3.53. The van der Waals surface area contributed by atoms with E-state index >= 15 is 0 Å². The fourth-order valence-corrected chi connectivity index (χ4v) is 2.26. The van der Waals surface area contributed by atoms with Crippen LogP contribution in [0.2, 0.25) is 0 Å². The van der Waals surface area contributed by atoms with E-state index in [4.69, 9.17) is 14.7 Å². The molecule has 7 heteroatoms. The van der Waals surface area contributed by atoms with Gasteiger partial charge in [-0.2, -0.15) is 5.26 Å². The second-order valence-corrected chi connectivity index (χ2v) is 5.90. The lowest BCUT2D eigenvalue weighted by Gasteiger charge is -2.08. The molecule has 128 valence electrons. The predicted octanol–water partition coefficient (Wildman–Crippen LogP) is 3.08. The number of rotatable bonds is 7. The van der Waals surface area contributed by atoms with Crippen molar-refractivity contribution in [2.45, 2.75) is 6.42 Å². The van der Waals surface area contributed by atoms with Crippen LogP contribution in [-0.2, 0) is 20.7 Å². The predicted molar refractivity (Wildman–Crippen MR) is 95.0 cm³/mol. The van der Waals surface area contributed by atoms with Gasteiger partial charge < -0.3 is 14.8 Å². The van der Waals surface area contributed by atoms with E-state index in [1.165, 1.54) is 0 Å². The summed E-state index contributed by atoms with van der Waals surface area (Å²) in [6.45, 7) is -0.687. The van der Waals surface area contributed by atoms with E-state index in [0.29, 0.717) is 17.9 Å². The Morgan fingerprint density at radius 3 is 2.56 bits per heavy atom. The lowest BCUT2D eigenvalue weighted by atomic mass is 10.1. The van der Waals surface area contributed by atoms with Crippen molar-refractivity contribution < 1.29 is 19.1 Å². The van der Waals surface area contributed by atoms with Crippen molar-refractivity contribution in [2.75, 3.05) is 18.5 Å². The molecule has 0 fully saturated rings. The molecule has 0 unspecified atom stereocenters. The fourth-order valence-electron chi connectivity index (χ4n) is 1.88. The highest BCUT2D eigenvalue weighted by atomic mass is 79.9. The van der Waals surface area contributed by atoms with Gasteiger partial charge in [0.05, 0.1) is 12.5 Å². The quantitative estimate of drug-likeness (QED) is 0.718. The first kappa shape index (κ1) is 18.5. The molecule has 0 atom stereocenters. The number of nitriles is 1. The van der Waals surface area contributed by atoms with Crippen molar-refractivity contribution in [1.29, 1.82) is 5.26 Å². The van der Waals surface area contributed by atoms with Crippen LogP contribution in [0.5, 0.6) is 5.75 Å². The summed E-state index contributed by atoms with van der Waals surface area (Å²) >= 11 is 3.30. The second kappa shape index (κ2) is 9.45. The average Bonchev–Trinajstić information content (AvgIpc) is 2.60. The summed E-state index contributed by atoms with van der Waals surface area (Å²) in [5, 5.41) is 11.2. The standard InChI is InChI=1S/C18H15BrN2O4/c19-14-2-1-3-16(10-14)24-12-18(23)25-11-17(22)21-15-6-4-13(5-7-15)8-9-20/h1-7,10H,8,11-12H2,(H,21,22). The van der Waals surface area contributed by atoms with Gasteiger partial charge in [-0.3, -0.25) is 4.79 Å². The zero-order valence-electron chi connectivity index (χ0n) is 13.2. The zero-order valence-corrected chi connectivity index (χ0v) is 14.8. The fraction of sp³-hybridized carbons (Fsp3) is 0.167. The van der Waals surface area contributed by atoms with Gasteiger partial charge in [0.1, 0.15) is 5.75 Å². The molecule has 0 heterocycles. The van der Waals surface area contributed by atoms with Crippen LogP contribution in [0.3, 0.4) is 0 Å². The highest BCUT2D eigenvalue weighted by molar-refractivity contribution is 9.10. The van der Waals surface area contributed by atoms with Crippen LogP contribution in [0.25, 0.3) is 0 Å². The molecule has 2 aromatic carbocycles. The van der Waals surface area contributed by atoms with Crippen LogP contribution >= 0.6 is 15.9 Å². The molecule has 6 nitrogen and oxygen atoms in total. The van der Waals surface area contributed by atoms with E-state index in [9.17, 15) is 9.59 Å². The Morgan fingerprint density at radius 1 is 1.12 bits per heavy atom. The first-order valence-electron chi connectivity index (χ1n) is 7.36. The molecule has 0 aliphatic carbocycles. The van der Waals surface area contributed by atoms with E-state index in [2.05, 4.69) is 21.2 Å². The van der Waals surface area contributed by atoms with Gasteiger partial charge in [0, 0.05) is 10.2 Å². The number of ether oxygens (including phenoxy) is 2. The van der Waals surface area contributed by atoms with E-state index < -0.39 is 18.5 Å². The summed E-state index contributed by atoms with van der Waals surface area (Å²) < 4.78 is 11.0. The maximum atomic E-state index is 11.8. The largest absolute Gasteiger partial charge is 0.482 e. The van der Waals surface area contributed by atoms with E-state index in [1.807, 2.05) is 12.1 Å². The normalized spacial score (nSPS) is 9.76. The average molecular weight is 403 g/mol. The molecule has 0 aliphatic rings. The summed E-state index contributed by atoms with van der Waals surface area (Å²) in [5.74, 6) is -0.573. The number of carbonyl (C=O) groups excluding carboxylic acids is 2. The van der Waals surface area contributed by atoms with Gasteiger partial charge in [0.25, 0.3) is 5.91 Å². The molecule has 1 N–H and O–H groups in total. The Morgan fingerprint density at radius 2 is 1.88 bits per heavy atom. The molecule has 0 aliphatic heterocycles. The number of hydrogen-bond acceptors (Lipinski definition) is 5. The van der Waals surface area contributed by atoms with Gasteiger partial charge in [0.15, 0.2) is 13.2 Å². The monoisotopic (exact) mass is 402 g/mol. The third-order valence-electron chi connectivity index (χ3n) is 3.04. The molecule has 0 bridgehead atoms. The number of amides is 1. The SMILES string of the molecule is N#CCc1ccc(NC(=O)COC(=O)COc2cccc(Br)c2)cc1. The molecule has 2 rings (SSSR count). The number of nitrogens with zero attached hydrogens (tertiary/aromatic N) is 1. The van der Waals surface area contributed by atoms with Crippen molar-refractivity contribution in [3.05, 3.63) is 58.6 Å². The highest BCUT2D eigenvalue weighted by Gasteiger charge is 2.09. The molecular weight excluding hydrogens is 388 g/mol. The van der Waals surface area contributed by atoms with Crippen LogP contribution in [0.4, 0.5) is 5.69 Å². The van der Waals surface area contributed by atoms with Gasteiger partial charge in [-0.1, -0.05) is 34.1 Å². The molecule has 2 aromatic rings. The van der Waals surface area contributed by atoms with E-state index in [0.717, 1.165) is 10.0 Å².